The summed E-state index contributed by atoms with van der Waals surface area (Å²) in [6.07, 6.45) is 0. The largest absolute Gasteiger partial charge is 0.321 e. The van der Waals surface area contributed by atoms with Crippen LogP contribution in [0.25, 0.3) is 10.9 Å². The first-order chi connectivity index (χ1) is 11.8. The van der Waals surface area contributed by atoms with E-state index in [0.29, 0.717) is 5.69 Å². The fraction of sp³-hybridized carbons (Fsp3) is 0.158. The topological polar surface area (TPSA) is 85.1 Å². The number of rotatable bonds is 3. The minimum absolute atomic E-state index is 0.116. The van der Waals surface area contributed by atoms with Gasteiger partial charge in [-0.15, -0.1) is 0 Å². The number of hydrogen-bond acceptors (Lipinski definition) is 4. The molecule has 6 heteroatoms. The van der Waals surface area contributed by atoms with Crippen LogP contribution in [0, 0.1) is 30.9 Å². The maximum atomic E-state index is 12.6. The average molecular weight is 335 g/mol. The molecule has 2 aromatic carbocycles. The van der Waals surface area contributed by atoms with E-state index in [-0.39, 0.29) is 11.3 Å². The summed E-state index contributed by atoms with van der Waals surface area (Å²) in [7, 11) is 0. The first kappa shape index (κ1) is 16.6. The summed E-state index contributed by atoms with van der Waals surface area (Å²) < 4.78 is 0. The van der Waals surface area contributed by atoms with Gasteiger partial charge < -0.3 is 5.32 Å². The summed E-state index contributed by atoms with van der Waals surface area (Å²) >= 11 is 0. The number of fused-ring (bicyclic) bond motifs is 1. The Morgan fingerprint density at radius 2 is 1.88 bits per heavy atom. The first-order valence-electron chi connectivity index (χ1n) is 7.79. The van der Waals surface area contributed by atoms with Gasteiger partial charge in [-0.2, -0.15) is 0 Å². The highest BCUT2D eigenvalue weighted by molar-refractivity contribution is 6.09. The summed E-state index contributed by atoms with van der Waals surface area (Å²) in [5.41, 5.74) is 4.49. The highest BCUT2D eigenvalue weighted by Crippen LogP contribution is 2.27. The SMILES string of the molecule is Cc1cc(C)c2nc(C)cc(NC(=O)c3cccc([N+](=O)[O-])c3)c2c1. The molecular weight excluding hydrogens is 318 g/mol. The van der Waals surface area contributed by atoms with Gasteiger partial charge >= 0.3 is 0 Å². The van der Waals surface area contributed by atoms with Crippen LogP contribution in [-0.2, 0) is 0 Å². The van der Waals surface area contributed by atoms with Gasteiger partial charge in [0, 0.05) is 28.8 Å². The van der Waals surface area contributed by atoms with Crippen molar-refractivity contribution in [2.75, 3.05) is 5.32 Å². The monoisotopic (exact) mass is 335 g/mol. The molecule has 0 radical (unpaired) electrons. The maximum Gasteiger partial charge on any atom is 0.270 e. The van der Waals surface area contributed by atoms with Crippen molar-refractivity contribution < 1.29 is 9.72 Å². The van der Waals surface area contributed by atoms with Gasteiger partial charge in [-0.05, 0) is 44.5 Å². The Labute approximate surface area is 144 Å². The number of non-ortho nitro benzene ring substituents is 1. The van der Waals surface area contributed by atoms with Crippen LogP contribution in [0.5, 0.6) is 0 Å². The van der Waals surface area contributed by atoms with E-state index in [9.17, 15) is 14.9 Å². The summed E-state index contributed by atoms with van der Waals surface area (Å²) in [4.78, 5) is 27.5. The van der Waals surface area contributed by atoms with Crippen molar-refractivity contribution in [3.63, 3.8) is 0 Å². The van der Waals surface area contributed by atoms with E-state index in [2.05, 4.69) is 10.3 Å². The molecule has 1 N–H and O–H groups in total. The van der Waals surface area contributed by atoms with E-state index in [1.54, 1.807) is 12.1 Å². The Morgan fingerprint density at radius 3 is 2.60 bits per heavy atom. The van der Waals surface area contributed by atoms with Crippen LogP contribution in [0.4, 0.5) is 11.4 Å². The van der Waals surface area contributed by atoms with Gasteiger partial charge in [-0.25, -0.2) is 0 Å². The molecule has 0 unspecified atom stereocenters. The van der Waals surface area contributed by atoms with Gasteiger partial charge in [0.25, 0.3) is 11.6 Å². The standard InChI is InChI=1S/C19H17N3O3/c1-11-7-12(2)18-16(8-11)17(9-13(3)20-18)21-19(23)14-5-4-6-15(10-14)22(24)25/h4-10H,1-3H3,(H,20,21,23). The number of benzene rings is 2. The Balaban J connectivity index is 2.04. The highest BCUT2D eigenvalue weighted by atomic mass is 16.6. The second-order valence-corrected chi connectivity index (χ2v) is 6.05. The van der Waals surface area contributed by atoms with Crippen LogP contribution in [0.2, 0.25) is 0 Å². The summed E-state index contributed by atoms with van der Waals surface area (Å²) in [5, 5.41) is 14.6. The lowest BCUT2D eigenvalue weighted by Crippen LogP contribution is -2.13. The first-order valence-corrected chi connectivity index (χ1v) is 7.79. The fourth-order valence-corrected chi connectivity index (χ4v) is 2.87. The molecule has 0 aliphatic carbocycles. The fourth-order valence-electron chi connectivity index (χ4n) is 2.87. The van der Waals surface area contributed by atoms with Crippen molar-refractivity contribution in [2.45, 2.75) is 20.8 Å². The molecule has 0 spiro atoms. The molecule has 0 bridgehead atoms. The highest BCUT2D eigenvalue weighted by Gasteiger charge is 2.14. The Bertz CT molecular complexity index is 1010. The third-order valence-electron chi connectivity index (χ3n) is 3.94. The third kappa shape index (κ3) is 3.33. The molecule has 6 nitrogen and oxygen atoms in total. The number of nitro groups is 1. The number of aromatic nitrogens is 1. The van der Waals surface area contributed by atoms with Gasteiger partial charge in [-0.1, -0.05) is 17.7 Å². The molecule has 0 aliphatic rings. The van der Waals surface area contributed by atoms with Crippen molar-refractivity contribution in [1.82, 2.24) is 4.98 Å². The van der Waals surface area contributed by atoms with Crippen molar-refractivity contribution in [1.29, 1.82) is 0 Å². The molecule has 0 atom stereocenters. The Morgan fingerprint density at radius 1 is 1.12 bits per heavy atom. The molecule has 1 aromatic heterocycles. The predicted octanol–water partition coefficient (Wildman–Crippen LogP) is 4.32. The normalized spacial score (nSPS) is 10.7. The zero-order valence-corrected chi connectivity index (χ0v) is 14.2. The predicted molar refractivity (Wildman–Crippen MR) is 97.0 cm³/mol. The van der Waals surface area contributed by atoms with Gasteiger partial charge in [0.1, 0.15) is 0 Å². The van der Waals surface area contributed by atoms with Crippen molar-refractivity contribution in [3.05, 3.63) is 75.0 Å². The van der Waals surface area contributed by atoms with Crippen LogP contribution >= 0.6 is 0 Å². The molecular formula is C19H17N3O3. The summed E-state index contributed by atoms with van der Waals surface area (Å²) in [6.45, 7) is 5.83. The number of hydrogen-bond donors (Lipinski definition) is 1. The minimum Gasteiger partial charge on any atom is -0.321 e. The van der Waals surface area contributed by atoms with Gasteiger partial charge in [0.05, 0.1) is 16.1 Å². The van der Waals surface area contributed by atoms with E-state index >= 15 is 0 Å². The number of aryl methyl sites for hydroxylation is 3. The summed E-state index contributed by atoms with van der Waals surface area (Å²) in [5.74, 6) is -0.394. The van der Waals surface area contributed by atoms with Gasteiger partial charge in [0.2, 0.25) is 0 Å². The van der Waals surface area contributed by atoms with E-state index in [1.165, 1.54) is 18.2 Å². The smallest absolute Gasteiger partial charge is 0.270 e. The second kappa shape index (κ2) is 6.32. The number of nitrogens with one attached hydrogen (secondary N) is 1. The van der Waals surface area contributed by atoms with E-state index in [1.807, 2.05) is 32.9 Å². The lowest BCUT2D eigenvalue weighted by molar-refractivity contribution is -0.384. The van der Waals surface area contributed by atoms with Gasteiger partial charge in [-0.3, -0.25) is 19.9 Å². The van der Waals surface area contributed by atoms with E-state index < -0.39 is 10.8 Å². The summed E-state index contributed by atoms with van der Waals surface area (Å²) in [6, 6.07) is 11.5. The lowest BCUT2D eigenvalue weighted by Gasteiger charge is -2.12. The number of carbonyl (C=O) groups excluding carboxylic acids is 1. The molecule has 0 saturated heterocycles. The molecule has 0 fully saturated rings. The van der Waals surface area contributed by atoms with Crippen LogP contribution in [0.3, 0.4) is 0 Å². The van der Waals surface area contributed by atoms with Crippen LogP contribution < -0.4 is 5.32 Å². The minimum atomic E-state index is -0.518. The maximum absolute atomic E-state index is 12.6. The van der Waals surface area contributed by atoms with E-state index in [4.69, 9.17) is 0 Å². The molecule has 0 saturated carbocycles. The quantitative estimate of drug-likeness (QED) is 0.570. The number of nitro benzene ring substituents is 1. The van der Waals surface area contributed by atoms with E-state index in [0.717, 1.165) is 27.7 Å². The number of nitrogens with zero attached hydrogens (tertiary/aromatic N) is 2. The number of amides is 1. The van der Waals surface area contributed by atoms with Crippen molar-refractivity contribution in [2.24, 2.45) is 0 Å². The van der Waals surface area contributed by atoms with Crippen LogP contribution in [0.15, 0.2) is 42.5 Å². The molecule has 3 rings (SSSR count). The van der Waals surface area contributed by atoms with Crippen molar-refractivity contribution >= 4 is 28.2 Å². The molecule has 1 amide bonds. The Kier molecular flexibility index (Phi) is 4.19. The number of anilines is 1. The van der Waals surface area contributed by atoms with Crippen LogP contribution in [0.1, 0.15) is 27.2 Å². The van der Waals surface area contributed by atoms with Crippen LogP contribution in [-0.4, -0.2) is 15.8 Å². The number of carbonyl (C=O) groups is 1. The Hall–Kier alpha value is -3.28. The molecule has 1 heterocycles. The average Bonchev–Trinajstić information content (AvgIpc) is 2.56. The zero-order valence-electron chi connectivity index (χ0n) is 14.2. The van der Waals surface area contributed by atoms with Crippen molar-refractivity contribution in [3.8, 4) is 0 Å². The second-order valence-electron chi connectivity index (χ2n) is 6.05. The lowest BCUT2D eigenvalue weighted by atomic mass is 10.0. The number of pyridine rings is 1. The van der Waals surface area contributed by atoms with Gasteiger partial charge in [0.15, 0.2) is 0 Å². The molecule has 25 heavy (non-hydrogen) atoms. The molecule has 0 aliphatic heterocycles. The zero-order chi connectivity index (χ0) is 18.1. The molecule has 3 aromatic rings. The third-order valence-corrected chi connectivity index (χ3v) is 3.94. The molecule has 126 valence electrons.